The monoisotopic (exact) mass is 258 g/mol. The standard InChI is InChI=1S/C12H16ClFN2O/c1-7(16-12(2,3)11(15)17)8-4-5-10(14)9(13)6-8/h4-7,16H,1-3H3,(H2,15,17). The van der Waals surface area contributed by atoms with Crippen molar-refractivity contribution < 1.29 is 9.18 Å². The molecule has 17 heavy (non-hydrogen) atoms. The lowest BCUT2D eigenvalue weighted by atomic mass is 10.0. The number of nitrogens with one attached hydrogen (secondary N) is 1. The Labute approximate surface area is 105 Å². The number of primary amides is 1. The van der Waals surface area contributed by atoms with Crippen LogP contribution in [-0.2, 0) is 4.79 Å². The van der Waals surface area contributed by atoms with Gasteiger partial charge in [0.25, 0.3) is 0 Å². The number of carbonyl (C=O) groups is 1. The first-order valence-corrected chi connectivity index (χ1v) is 5.64. The van der Waals surface area contributed by atoms with Crippen LogP contribution in [0.25, 0.3) is 0 Å². The zero-order valence-corrected chi connectivity index (χ0v) is 10.8. The molecule has 0 aromatic heterocycles. The lowest BCUT2D eigenvalue weighted by Gasteiger charge is -2.27. The molecule has 0 aliphatic heterocycles. The zero-order valence-electron chi connectivity index (χ0n) is 10.1. The van der Waals surface area contributed by atoms with Crippen LogP contribution >= 0.6 is 11.6 Å². The molecule has 1 unspecified atom stereocenters. The van der Waals surface area contributed by atoms with Gasteiger partial charge in [0.2, 0.25) is 5.91 Å². The SMILES string of the molecule is CC(NC(C)(C)C(N)=O)c1ccc(F)c(Cl)c1. The number of benzene rings is 1. The normalized spacial score (nSPS) is 13.5. The van der Waals surface area contributed by atoms with Crippen LogP contribution in [0.5, 0.6) is 0 Å². The highest BCUT2D eigenvalue weighted by Gasteiger charge is 2.26. The Kier molecular flexibility index (Phi) is 4.11. The molecule has 1 aromatic rings. The van der Waals surface area contributed by atoms with Gasteiger partial charge in [-0.1, -0.05) is 17.7 Å². The average molecular weight is 259 g/mol. The van der Waals surface area contributed by atoms with Gasteiger partial charge in [0.15, 0.2) is 0 Å². The van der Waals surface area contributed by atoms with Crippen molar-refractivity contribution in [2.75, 3.05) is 0 Å². The number of amides is 1. The third-order valence-corrected chi connectivity index (χ3v) is 2.93. The molecule has 0 aliphatic rings. The molecule has 1 atom stereocenters. The molecule has 0 saturated heterocycles. The third kappa shape index (κ3) is 3.41. The molecule has 0 fully saturated rings. The van der Waals surface area contributed by atoms with Gasteiger partial charge in [-0.3, -0.25) is 10.1 Å². The van der Waals surface area contributed by atoms with E-state index in [1.165, 1.54) is 12.1 Å². The highest BCUT2D eigenvalue weighted by atomic mass is 35.5. The molecule has 0 spiro atoms. The Hall–Kier alpha value is -1.13. The van der Waals surface area contributed by atoms with Crippen LogP contribution in [0.1, 0.15) is 32.4 Å². The van der Waals surface area contributed by atoms with Crippen molar-refractivity contribution in [3.05, 3.63) is 34.6 Å². The molecular formula is C12H16ClFN2O. The second kappa shape index (κ2) is 5.02. The van der Waals surface area contributed by atoms with E-state index in [2.05, 4.69) is 5.32 Å². The van der Waals surface area contributed by atoms with Gasteiger partial charge in [0.05, 0.1) is 10.6 Å². The maximum absolute atomic E-state index is 13.0. The fraction of sp³-hybridized carbons (Fsp3) is 0.417. The molecule has 1 amide bonds. The van der Waals surface area contributed by atoms with Crippen LogP contribution in [0.15, 0.2) is 18.2 Å². The predicted molar refractivity (Wildman–Crippen MR) is 66.2 cm³/mol. The average Bonchev–Trinajstić information content (AvgIpc) is 2.21. The van der Waals surface area contributed by atoms with Crippen molar-refractivity contribution in [1.82, 2.24) is 5.32 Å². The van der Waals surface area contributed by atoms with Crippen molar-refractivity contribution in [1.29, 1.82) is 0 Å². The van der Waals surface area contributed by atoms with Crippen LogP contribution in [-0.4, -0.2) is 11.4 Å². The molecule has 0 radical (unpaired) electrons. The zero-order chi connectivity index (χ0) is 13.2. The summed E-state index contributed by atoms with van der Waals surface area (Å²) in [5, 5.41) is 3.13. The topological polar surface area (TPSA) is 55.1 Å². The number of rotatable bonds is 4. The summed E-state index contributed by atoms with van der Waals surface area (Å²) in [6.07, 6.45) is 0. The lowest BCUT2D eigenvalue weighted by Crippen LogP contribution is -2.51. The first-order chi connectivity index (χ1) is 7.74. The van der Waals surface area contributed by atoms with E-state index in [-0.39, 0.29) is 11.1 Å². The van der Waals surface area contributed by atoms with E-state index in [9.17, 15) is 9.18 Å². The van der Waals surface area contributed by atoms with Crippen molar-refractivity contribution >= 4 is 17.5 Å². The van der Waals surface area contributed by atoms with E-state index in [1.54, 1.807) is 19.9 Å². The van der Waals surface area contributed by atoms with Crippen LogP contribution < -0.4 is 11.1 Å². The quantitative estimate of drug-likeness (QED) is 0.871. The summed E-state index contributed by atoms with van der Waals surface area (Å²) in [7, 11) is 0. The molecule has 5 heteroatoms. The van der Waals surface area contributed by atoms with Gasteiger partial charge in [-0.15, -0.1) is 0 Å². The number of hydrogen-bond donors (Lipinski definition) is 2. The molecular weight excluding hydrogens is 243 g/mol. The van der Waals surface area contributed by atoms with E-state index in [4.69, 9.17) is 17.3 Å². The Morgan fingerprint density at radius 2 is 2.12 bits per heavy atom. The minimum Gasteiger partial charge on any atom is -0.368 e. The Morgan fingerprint density at radius 1 is 1.53 bits per heavy atom. The van der Waals surface area contributed by atoms with Crippen LogP contribution in [0.2, 0.25) is 5.02 Å². The van der Waals surface area contributed by atoms with Crippen LogP contribution in [0.4, 0.5) is 4.39 Å². The van der Waals surface area contributed by atoms with E-state index in [0.717, 1.165) is 5.56 Å². The molecule has 3 nitrogen and oxygen atoms in total. The summed E-state index contributed by atoms with van der Waals surface area (Å²) >= 11 is 5.70. The first kappa shape index (κ1) is 13.9. The van der Waals surface area contributed by atoms with Gasteiger partial charge in [0, 0.05) is 6.04 Å². The van der Waals surface area contributed by atoms with Gasteiger partial charge in [-0.25, -0.2) is 4.39 Å². The highest BCUT2D eigenvalue weighted by Crippen LogP contribution is 2.22. The molecule has 3 N–H and O–H groups in total. The first-order valence-electron chi connectivity index (χ1n) is 5.26. The van der Waals surface area contributed by atoms with E-state index in [1.807, 2.05) is 6.92 Å². The molecule has 0 bridgehead atoms. The summed E-state index contributed by atoms with van der Waals surface area (Å²) in [5.74, 6) is -0.908. The third-order valence-electron chi connectivity index (χ3n) is 2.64. The molecule has 0 heterocycles. The van der Waals surface area contributed by atoms with E-state index >= 15 is 0 Å². The summed E-state index contributed by atoms with van der Waals surface area (Å²) in [6.45, 7) is 5.24. The largest absolute Gasteiger partial charge is 0.368 e. The second-order valence-corrected chi connectivity index (χ2v) is 4.94. The van der Waals surface area contributed by atoms with Gasteiger partial charge in [0.1, 0.15) is 5.82 Å². The number of halogens is 2. The Morgan fingerprint density at radius 3 is 2.59 bits per heavy atom. The summed E-state index contributed by atoms with van der Waals surface area (Å²) in [6, 6.07) is 4.30. The number of hydrogen-bond acceptors (Lipinski definition) is 2. The summed E-state index contributed by atoms with van der Waals surface area (Å²) < 4.78 is 13.0. The van der Waals surface area contributed by atoms with Gasteiger partial charge >= 0.3 is 0 Å². The minimum absolute atomic E-state index is 0.0630. The van der Waals surface area contributed by atoms with Crippen molar-refractivity contribution in [3.8, 4) is 0 Å². The number of carbonyl (C=O) groups excluding carboxylic acids is 1. The predicted octanol–water partition coefficient (Wildman–Crippen LogP) is 2.39. The fourth-order valence-corrected chi connectivity index (χ4v) is 1.67. The van der Waals surface area contributed by atoms with E-state index in [0.29, 0.717) is 0 Å². The smallest absolute Gasteiger partial charge is 0.237 e. The van der Waals surface area contributed by atoms with Gasteiger partial charge < -0.3 is 5.73 Å². The molecule has 0 saturated carbocycles. The van der Waals surface area contributed by atoms with Crippen molar-refractivity contribution in [3.63, 3.8) is 0 Å². The fourth-order valence-electron chi connectivity index (χ4n) is 1.48. The summed E-state index contributed by atoms with van der Waals surface area (Å²) in [5.41, 5.74) is 5.23. The molecule has 0 aliphatic carbocycles. The highest BCUT2D eigenvalue weighted by molar-refractivity contribution is 6.30. The molecule has 1 aromatic carbocycles. The maximum Gasteiger partial charge on any atom is 0.237 e. The Balaban J connectivity index is 2.87. The van der Waals surface area contributed by atoms with Gasteiger partial charge in [-0.2, -0.15) is 0 Å². The molecule has 1 rings (SSSR count). The Bertz CT molecular complexity index is 435. The van der Waals surface area contributed by atoms with Crippen LogP contribution in [0, 0.1) is 5.82 Å². The lowest BCUT2D eigenvalue weighted by molar-refractivity contribution is -0.123. The molecule has 94 valence electrons. The summed E-state index contributed by atoms with van der Waals surface area (Å²) in [4.78, 5) is 11.2. The van der Waals surface area contributed by atoms with E-state index < -0.39 is 17.3 Å². The number of nitrogens with two attached hydrogens (primary N) is 1. The maximum atomic E-state index is 13.0. The van der Waals surface area contributed by atoms with Crippen molar-refractivity contribution in [2.45, 2.75) is 32.4 Å². The second-order valence-electron chi connectivity index (χ2n) is 4.53. The van der Waals surface area contributed by atoms with Crippen LogP contribution in [0.3, 0.4) is 0 Å². The van der Waals surface area contributed by atoms with Gasteiger partial charge in [-0.05, 0) is 38.5 Å². The minimum atomic E-state index is -0.833. The van der Waals surface area contributed by atoms with Crippen molar-refractivity contribution in [2.24, 2.45) is 5.73 Å².